The first-order valence-electron chi connectivity index (χ1n) is 5.58. The summed E-state index contributed by atoms with van der Waals surface area (Å²) in [5, 5.41) is 0.779. The molecule has 0 spiro atoms. The molecule has 0 aliphatic carbocycles. The Labute approximate surface area is 105 Å². The van der Waals surface area contributed by atoms with Gasteiger partial charge in [-0.15, -0.1) is 0 Å². The summed E-state index contributed by atoms with van der Waals surface area (Å²) in [5.74, 6) is 0. The van der Waals surface area contributed by atoms with E-state index in [4.69, 9.17) is 0 Å². The molecule has 3 nitrogen and oxygen atoms in total. The zero-order valence-corrected chi connectivity index (χ0v) is 12.4. The third-order valence-corrected chi connectivity index (χ3v) is 5.68. The molecule has 1 N–H and O–H groups in total. The highest BCUT2D eigenvalue weighted by atomic mass is 32.2. The van der Waals surface area contributed by atoms with E-state index in [1.165, 1.54) is 6.07 Å². The largest absolute Gasteiger partial charge is 0.294 e. The van der Waals surface area contributed by atoms with E-state index >= 15 is 0 Å². The fourth-order valence-electron chi connectivity index (χ4n) is 2.03. The minimum atomic E-state index is -4.15. The summed E-state index contributed by atoms with van der Waals surface area (Å²) in [5.41, 5.74) is 1.95. The summed E-state index contributed by atoms with van der Waals surface area (Å²) in [6.07, 6.45) is 2.51. The van der Waals surface area contributed by atoms with Crippen LogP contribution in [0.25, 0.3) is 6.08 Å². The lowest BCUT2D eigenvalue weighted by molar-refractivity contribution is 0.484. The third kappa shape index (κ3) is 2.85. The van der Waals surface area contributed by atoms with Crippen LogP contribution in [0.1, 0.15) is 18.1 Å². The Kier molecular flexibility index (Phi) is 4.29. The lowest BCUT2D eigenvalue weighted by atomic mass is 10.1. The Balaban J connectivity index is 3.72. The van der Waals surface area contributed by atoms with Crippen LogP contribution in [0.4, 0.5) is 0 Å². The zero-order chi connectivity index (χ0) is 13.2. The van der Waals surface area contributed by atoms with Crippen molar-refractivity contribution in [2.75, 3.05) is 0 Å². The molecule has 1 rings (SSSR count). The second-order valence-electron chi connectivity index (χ2n) is 4.24. The molecule has 0 fully saturated rings. The summed E-state index contributed by atoms with van der Waals surface area (Å²) < 4.78 is 32.0. The van der Waals surface area contributed by atoms with Crippen molar-refractivity contribution in [2.45, 2.75) is 31.3 Å². The van der Waals surface area contributed by atoms with E-state index < -0.39 is 18.9 Å². The summed E-state index contributed by atoms with van der Waals surface area (Å²) in [4.78, 5) is 0.0475. The molecule has 1 aromatic rings. The molecule has 17 heavy (non-hydrogen) atoms. The number of aryl methyl sites for hydroxylation is 1. The van der Waals surface area contributed by atoms with Crippen molar-refractivity contribution in [3.8, 4) is 0 Å². The maximum Gasteiger partial charge on any atom is 0.294 e. The molecular formula is C12H18O3SSi. The van der Waals surface area contributed by atoms with Gasteiger partial charge in [-0.2, -0.15) is 8.42 Å². The first-order valence-corrected chi connectivity index (χ1v) is 9.91. The lowest BCUT2D eigenvalue weighted by Crippen LogP contribution is -2.32. The first kappa shape index (κ1) is 14.1. The van der Waals surface area contributed by atoms with Crippen LogP contribution in [0.15, 0.2) is 23.6 Å². The molecule has 1 aromatic carbocycles. The molecule has 0 aliphatic heterocycles. The minimum Gasteiger partial charge on any atom is -0.282 e. The Morgan fingerprint density at radius 3 is 2.35 bits per heavy atom. The van der Waals surface area contributed by atoms with Crippen LogP contribution in [0, 0.1) is 0 Å². The van der Waals surface area contributed by atoms with Crippen molar-refractivity contribution in [1.29, 1.82) is 0 Å². The highest BCUT2D eigenvalue weighted by molar-refractivity contribution is 7.86. The van der Waals surface area contributed by atoms with Crippen LogP contribution in [0.2, 0.25) is 13.1 Å². The van der Waals surface area contributed by atoms with Crippen LogP contribution < -0.4 is 5.19 Å². The molecule has 0 amide bonds. The maximum absolute atomic E-state index is 11.4. The fourth-order valence-corrected chi connectivity index (χ4v) is 5.40. The van der Waals surface area contributed by atoms with Gasteiger partial charge in [-0.3, -0.25) is 4.55 Å². The van der Waals surface area contributed by atoms with Crippen LogP contribution in [-0.2, 0) is 16.5 Å². The Morgan fingerprint density at radius 1 is 1.41 bits per heavy atom. The van der Waals surface area contributed by atoms with Crippen LogP contribution in [0.3, 0.4) is 0 Å². The van der Waals surface area contributed by atoms with Crippen molar-refractivity contribution in [1.82, 2.24) is 0 Å². The van der Waals surface area contributed by atoms with E-state index in [9.17, 15) is 13.0 Å². The lowest BCUT2D eigenvalue weighted by Gasteiger charge is -2.16. The Hall–Kier alpha value is -0.913. The quantitative estimate of drug-likeness (QED) is 0.671. The summed E-state index contributed by atoms with van der Waals surface area (Å²) in [6.45, 7) is 9.84. The molecule has 0 saturated heterocycles. The van der Waals surface area contributed by atoms with Gasteiger partial charge in [-0.25, -0.2) is 0 Å². The number of hydrogen-bond donors (Lipinski definition) is 1. The summed E-state index contributed by atoms with van der Waals surface area (Å²) in [7, 11) is -5.53. The van der Waals surface area contributed by atoms with Gasteiger partial charge in [0.2, 0.25) is 0 Å². The number of rotatable bonds is 4. The van der Waals surface area contributed by atoms with Crippen LogP contribution >= 0.6 is 0 Å². The summed E-state index contributed by atoms with van der Waals surface area (Å²) >= 11 is 0. The smallest absolute Gasteiger partial charge is 0.282 e. The Bertz CT molecular complexity index is 533. The molecular weight excluding hydrogens is 252 g/mol. The molecule has 0 aromatic heterocycles. The molecule has 0 atom stereocenters. The SMILES string of the molecule is C=Cc1c(CC)ccc(S(=O)(=O)O)c1[SiH](C)C. The van der Waals surface area contributed by atoms with Gasteiger partial charge >= 0.3 is 0 Å². The van der Waals surface area contributed by atoms with Crippen LogP contribution in [0.5, 0.6) is 0 Å². The second kappa shape index (κ2) is 5.16. The molecule has 0 saturated carbocycles. The second-order valence-corrected chi connectivity index (χ2v) is 8.51. The molecule has 0 bridgehead atoms. The van der Waals surface area contributed by atoms with Gasteiger partial charge in [0.05, 0.1) is 13.7 Å². The fraction of sp³-hybridized carbons (Fsp3) is 0.333. The average Bonchev–Trinajstić information content (AvgIpc) is 2.25. The van der Waals surface area contributed by atoms with Gasteiger partial charge < -0.3 is 0 Å². The van der Waals surface area contributed by atoms with Crippen molar-refractivity contribution in [3.05, 3.63) is 29.8 Å². The van der Waals surface area contributed by atoms with E-state index in [-0.39, 0.29) is 4.90 Å². The topological polar surface area (TPSA) is 54.4 Å². The predicted octanol–water partition coefficient (Wildman–Crippen LogP) is 1.83. The van der Waals surface area contributed by atoms with Crippen molar-refractivity contribution in [2.24, 2.45) is 0 Å². The molecule has 0 heterocycles. The highest BCUT2D eigenvalue weighted by Gasteiger charge is 2.21. The van der Waals surface area contributed by atoms with Gasteiger partial charge in [0, 0.05) is 0 Å². The van der Waals surface area contributed by atoms with E-state index in [0.29, 0.717) is 0 Å². The number of benzene rings is 1. The maximum atomic E-state index is 11.4. The van der Waals surface area contributed by atoms with Crippen molar-refractivity contribution in [3.63, 3.8) is 0 Å². The standard InChI is InChI=1S/C12H18O3SSi/c1-5-9-7-8-11(16(13,14)15)12(17(3)4)10(9)6-2/h6-8,17H,2,5H2,1,3-4H3,(H,13,14,15). The zero-order valence-electron chi connectivity index (χ0n) is 10.4. The Morgan fingerprint density at radius 2 is 2.00 bits per heavy atom. The first-order chi connectivity index (χ1) is 7.82. The summed E-state index contributed by atoms with van der Waals surface area (Å²) in [6, 6.07) is 3.25. The van der Waals surface area contributed by atoms with Crippen molar-refractivity contribution < 1.29 is 13.0 Å². The molecule has 0 radical (unpaired) electrons. The van der Waals surface area contributed by atoms with E-state index in [0.717, 1.165) is 22.7 Å². The van der Waals surface area contributed by atoms with Gasteiger partial charge in [0.15, 0.2) is 0 Å². The monoisotopic (exact) mass is 270 g/mol. The normalized spacial score (nSPS) is 11.8. The molecule has 0 unspecified atom stereocenters. The van der Waals surface area contributed by atoms with Crippen LogP contribution in [-0.4, -0.2) is 21.8 Å². The van der Waals surface area contributed by atoms with Gasteiger partial charge in [-0.05, 0) is 28.8 Å². The van der Waals surface area contributed by atoms with Crippen molar-refractivity contribution >= 4 is 30.2 Å². The highest BCUT2D eigenvalue weighted by Crippen LogP contribution is 2.17. The number of hydrogen-bond acceptors (Lipinski definition) is 2. The van der Waals surface area contributed by atoms with E-state index in [2.05, 4.69) is 6.58 Å². The van der Waals surface area contributed by atoms with Gasteiger partial charge in [0.25, 0.3) is 10.1 Å². The molecule has 0 aliphatic rings. The van der Waals surface area contributed by atoms with E-state index in [1.807, 2.05) is 20.0 Å². The predicted molar refractivity (Wildman–Crippen MR) is 74.2 cm³/mol. The average molecular weight is 270 g/mol. The van der Waals surface area contributed by atoms with Gasteiger partial charge in [-0.1, -0.05) is 38.7 Å². The minimum absolute atomic E-state index is 0.0475. The molecule has 5 heteroatoms. The van der Waals surface area contributed by atoms with Gasteiger partial charge in [0.1, 0.15) is 0 Å². The molecule has 94 valence electrons. The van der Waals surface area contributed by atoms with E-state index in [1.54, 1.807) is 12.1 Å². The third-order valence-electron chi connectivity index (χ3n) is 2.78.